The average Bonchev–Trinajstić information content (AvgIpc) is 3.06. The number of rotatable bonds is 4. The van der Waals surface area contributed by atoms with Crippen molar-refractivity contribution in [3.63, 3.8) is 0 Å². The van der Waals surface area contributed by atoms with E-state index in [-0.39, 0.29) is 16.6 Å². The summed E-state index contributed by atoms with van der Waals surface area (Å²) in [5.74, 6) is -0.836. The first-order chi connectivity index (χ1) is 16.1. The van der Waals surface area contributed by atoms with Crippen LogP contribution in [0, 0.1) is 27.7 Å². The van der Waals surface area contributed by atoms with E-state index < -0.39 is 5.91 Å². The van der Waals surface area contributed by atoms with E-state index in [9.17, 15) is 9.59 Å². The van der Waals surface area contributed by atoms with Gasteiger partial charge in [-0.25, -0.2) is 0 Å². The number of carbonyl (C=O) groups is 2. The number of aromatic nitrogens is 1. The summed E-state index contributed by atoms with van der Waals surface area (Å²) < 4.78 is 2.15. The summed E-state index contributed by atoms with van der Waals surface area (Å²) in [5.41, 5.74) is 6.85. The topological polar surface area (TPSA) is 45.6 Å². The highest BCUT2D eigenvalue weighted by Gasteiger charge is 2.39. The van der Waals surface area contributed by atoms with Gasteiger partial charge in [0.15, 0.2) is 5.11 Å². The predicted octanol–water partition coefficient (Wildman–Crippen LogP) is 5.93. The third kappa shape index (κ3) is 4.08. The van der Waals surface area contributed by atoms with Crippen molar-refractivity contribution in [2.45, 2.75) is 34.6 Å². The van der Waals surface area contributed by atoms with Gasteiger partial charge in [0.1, 0.15) is 5.57 Å². The van der Waals surface area contributed by atoms with Gasteiger partial charge in [0.25, 0.3) is 11.8 Å². The fraction of sp³-hybridized carbons (Fsp3) is 0.222. The van der Waals surface area contributed by atoms with Gasteiger partial charge < -0.3 is 4.57 Å². The molecule has 2 heterocycles. The maximum atomic E-state index is 13.5. The zero-order valence-electron chi connectivity index (χ0n) is 19.8. The summed E-state index contributed by atoms with van der Waals surface area (Å²) in [4.78, 5) is 29.7. The van der Waals surface area contributed by atoms with Crippen molar-refractivity contribution < 1.29 is 9.59 Å². The lowest BCUT2D eigenvalue weighted by Crippen LogP contribution is -2.56. The van der Waals surface area contributed by atoms with Gasteiger partial charge in [0, 0.05) is 28.6 Å². The number of hydrogen-bond acceptors (Lipinski definition) is 3. The molecule has 4 rings (SSSR count). The quantitative estimate of drug-likeness (QED) is 0.258. The molecule has 3 aromatic rings. The highest BCUT2D eigenvalue weighted by molar-refractivity contribution is 7.80. The van der Waals surface area contributed by atoms with Crippen molar-refractivity contribution in [2.75, 3.05) is 11.4 Å². The lowest BCUT2D eigenvalue weighted by Gasteiger charge is -2.36. The van der Waals surface area contributed by atoms with Crippen LogP contribution in [0.1, 0.15) is 35.0 Å². The monoisotopic (exact) mass is 491 g/mol. The number of halogens is 1. The Morgan fingerprint density at radius 2 is 1.62 bits per heavy atom. The molecule has 5 nitrogen and oxygen atoms in total. The second-order valence-electron chi connectivity index (χ2n) is 8.46. The third-order valence-corrected chi connectivity index (χ3v) is 6.75. The number of amides is 2. The first-order valence-corrected chi connectivity index (χ1v) is 11.9. The van der Waals surface area contributed by atoms with Crippen LogP contribution >= 0.6 is 23.8 Å². The summed E-state index contributed by atoms with van der Waals surface area (Å²) >= 11 is 11.5. The average molecular weight is 492 g/mol. The molecule has 0 radical (unpaired) electrons. The summed E-state index contributed by atoms with van der Waals surface area (Å²) in [7, 11) is 0. The molecule has 1 aliphatic rings. The minimum Gasteiger partial charge on any atom is -0.318 e. The van der Waals surface area contributed by atoms with Gasteiger partial charge in [-0.3, -0.25) is 19.4 Å². The summed E-state index contributed by atoms with van der Waals surface area (Å²) in [6.07, 6.45) is 1.68. The lowest BCUT2D eigenvalue weighted by molar-refractivity contribution is -0.127. The minimum absolute atomic E-state index is 0.0753. The Morgan fingerprint density at radius 3 is 2.24 bits per heavy atom. The highest BCUT2D eigenvalue weighted by Crippen LogP contribution is 2.30. The third-order valence-electron chi connectivity index (χ3n) is 6.10. The molecule has 0 N–H and O–H groups in total. The molecule has 0 unspecified atom stereocenters. The highest BCUT2D eigenvalue weighted by atomic mass is 35.5. The van der Waals surface area contributed by atoms with Crippen LogP contribution in [0.4, 0.5) is 5.69 Å². The molecule has 174 valence electrons. The van der Waals surface area contributed by atoms with Crippen LogP contribution in [-0.2, 0) is 9.59 Å². The van der Waals surface area contributed by atoms with Crippen molar-refractivity contribution >= 4 is 52.5 Å². The van der Waals surface area contributed by atoms with Gasteiger partial charge in [-0.1, -0.05) is 29.3 Å². The SMILES string of the molecule is CCN1C(=O)/C(=C\c2cc(C)n(-c3ccc(C)cc3C)c2C)C(=O)N(c2ccc(Cl)cc2)C1=S. The molecular weight excluding hydrogens is 466 g/mol. The Hall–Kier alpha value is -3.22. The number of aryl methyl sites for hydroxylation is 3. The van der Waals surface area contributed by atoms with Crippen LogP contribution in [0.25, 0.3) is 11.8 Å². The minimum atomic E-state index is -0.446. The predicted molar refractivity (Wildman–Crippen MR) is 142 cm³/mol. The van der Waals surface area contributed by atoms with E-state index in [1.54, 1.807) is 30.3 Å². The molecule has 1 aromatic heterocycles. The normalized spacial score (nSPS) is 15.6. The van der Waals surface area contributed by atoms with E-state index >= 15 is 0 Å². The zero-order chi connectivity index (χ0) is 24.7. The molecule has 7 heteroatoms. The van der Waals surface area contributed by atoms with E-state index in [0.717, 1.165) is 28.2 Å². The van der Waals surface area contributed by atoms with Crippen molar-refractivity contribution in [3.05, 3.63) is 87.2 Å². The number of benzene rings is 2. The Labute approximate surface area is 210 Å². The maximum absolute atomic E-state index is 13.5. The number of nitrogens with zero attached hydrogens (tertiary/aromatic N) is 3. The molecule has 2 aromatic carbocycles. The second-order valence-corrected chi connectivity index (χ2v) is 9.26. The van der Waals surface area contributed by atoms with Gasteiger partial charge in [0.05, 0.1) is 5.69 Å². The van der Waals surface area contributed by atoms with Crippen molar-refractivity contribution in [1.82, 2.24) is 9.47 Å². The number of anilines is 1. The van der Waals surface area contributed by atoms with E-state index in [2.05, 4.69) is 36.6 Å². The Morgan fingerprint density at radius 1 is 0.941 bits per heavy atom. The second kappa shape index (κ2) is 9.20. The van der Waals surface area contributed by atoms with E-state index in [4.69, 9.17) is 23.8 Å². The van der Waals surface area contributed by atoms with Gasteiger partial charge in [-0.05, 0) is 100 Å². The Kier molecular flexibility index (Phi) is 6.47. The number of carbonyl (C=O) groups excluding carboxylic acids is 2. The van der Waals surface area contributed by atoms with Crippen LogP contribution in [0.15, 0.2) is 54.1 Å². The number of likely N-dealkylation sites (N-methyl/N-ethyl adjacent to an activating group) is 1. The summed E-state index contributed by atoms with van der Waals surface area (Å²) in [5, 5.41) is 0.717. The first kappa shape index (κ1) is 23.9. The Balaban J connectivity index is 1.83. The molecule has 1 saturated heterocycles. The lowest BCUT2D eigenvalue weighted by atomic mass is 10.1. The molecular formula is C27H26ClN3O2S. The zero-order valence-corrected chi connectivity index (χ0v) is 21.4. The molecule has 0 spiro atoms. The maximum Gasteiger partial charge on any atom is 0.270 e. The van der Waals surface area contributed by atoms with Gasteiger partial charge >= 0.3 is 0 Å². The molecule has 1 aliphatic heterocycles. The summed E-state index contributed by atoms with van der Waals surface area (Å²) in [6, 6.07) is 15.2. The number of hydrogen-bond donors (Lipinski definition) is 0. The molecule has 0 bridgehead atoms. The molecule has 0 saturated carbocycles. The van der Waals surface area contributed by atoms with Gasteiger partial charge in [-0.2, -0.15) is 0 Å². The van der Waals surface area contributed by atoms with Crippen LogP contribution in [0.5, 0.6) is 0 Å². The molecule has 34 heavy (non-hydrogen) atoms. The molecule has 0 atom stereocenters. The largest absolute Gasteiger partial charge is 0.318 e. The molecule has 0 aliphatic carbocycles. The van der Waals surface area contributed by atoms with Crippen molar-refractivity contribution in [2.24, 2.45) is 0 Å². The number of thiocarbonyl (C=S) groups is 1. The van der Waals surface area contributed by atoms with Gasteiger partial charge in [0.2, 0.25) is 0 Å². The van der Waals surface area contributed by atoms with Crippen LogP contribution in [0.3, 0.4) is 0 Å². The fourth-order valence-corrected chi connectivity index (χ4v) is 4.91. The summed E-state index contributed by atoms with van der Waals surface area (Å²) in [6.45, 7) is 10.4. The van der Waals surface area contributed by atoms with E-state index in [1.807, 2.05) is 26.8 Å². The fourth-order valence-electron chi connectivity index (χ4n) is 4.39. The van der Waals surface area contributed by atoms with E-state index in [1.165, 1.54) is 15.4 Å². The van der Waals surface area contributed by atoms with Gasteiger partial charge in [-0.15, -0.1) is 0 Å². The first-order valence-electron chi connectivity index (χ1n) is 11.1. The van der Waals surface area contributed by atoms with Crippen LogP contribution in [0.2, 0.25) is 5.02 Å². The molecule has 1 fully saturated rings. The standard InChI is InChI=1S/C27H26ClN3O2S/c1-6-29-25(32)23(26(33)31(27(29)34)22-10-8-21(28)9-11-22)15-20-14-18(4)30(19(20)5)24-12-7-16(2)13-17(24)3/h7-15H,6H2,1-5H3/b23-15+. The van der Waals surface area contributed by atoms with Crippen molar-refractivity contribution in [1.29, 1.82) is 0 Å². The van der Waals surface area contributed by atoms with Crippen LogP contribution < -0.4 is 4.90 Å². The van der Waals surface area contributed by atoms with E-state index in [0.29, 0.717) is 17.3 Å². The smallest absolute Gasteiger partial charge is 0.270 e. The Bertz CT molecular complexity index is 1350. The molecule has 2 amide bonds. The van der Waals surface area contributed by atoms with Crippen molar-refractivity contribution in [3.8, 4) is 5.69 Å². The van der Waals surface area contributed by atoms with Crippen LogP contribution in [-0.4, -0.2) is 32.9 Å².